The highest BCUT2D eigenvalue weighted by Crippen LogP contribution is 2.25. The van der Waals surface area contributed by atoms with Crippen LogP contribution in [0.3, 0.4) is 0 Å². The number of benzene rings is 2. The molecule has 0 radical (unpaired) electrons. The van der Waals surface area contributed by atoms with Crippen LogP contribution in [0.15, 0.2) is 51.7 Å². The first-order valence-corrected chi connectivity index (χ1v) is 5.12. The summed E-state index contributed by atoms with van der Waals surface area (Å²) in [5.41, 5.74) is 2.23. The molecule has 17 heavy (non-hydrogen) atoms. The third-order valence-corrected chi connectivity index (χ3v) is 2.60. The van der Waals surface area contributed by atoms with Crippen LogP contribution in [0.5, 0.6) is 0 Å². The molecule has 0 aliphatic carbocycles. The summed E-state index contributed by atoms with van der Waals surface area (Å²) < 4.78 is 18.5. The quantitative estimate of drug-likeness (QED) is 0.697. The number of aromatic amines is 1. The number of nitrogens with one attached hydrogen (secondary N) is 1. The fraction of sp³-hybridized carbons (Fsp3) is 0. The molecule has 0 amide bonds. The second-order valence-electron chi connectivity index (χ2n) is 3.71. The minimum atomic E-state index is -0.509. The SMILES string of the molecule is O=c1[nH]c2cc(-c3ccccc3F)ccc2o1. The first-order chi connectivity index (χ1) is 8.24. The van der Waals surface area contributed by atoms with E-state index >= 15 is 0 Å². The zero-order valence-electron chi connectivity index (χ0n) is 8.74. The van der Waals surface area contributed by atoms with Crippen LogP contribution in [-0.4, -0.2) is 4.98 Å². The first-order valence-electron chi connectivity index (χ1n) is 5.12. The Bertz CT molecular complexity index is 742. The molecule has 84 valence electrons. The Kier molecular flexibility index (Phi) is 2.08. The van der Waals surface area contributed by atoms with Crippen molar-refractivity contribution in [2.45, 2.75) is 0 Å². The summed E-state index contributed by atoms with van der Waals surface area (Å²) in [5, 5.41) is 0. The van der Waals surface area contributed by atoms with Crippen molar-refractivity contribution in [2.75, 3.05) is 0 Å². The van der Waals surface area contributed by atoms with E-state index in [4.69, 9.17) is 4.42 Å². The van der Waals surface area contributed by atoms with Gasteiger partial charge in [-0.05, 0) is 23.8 Å². The molecule has 2 aromatic carbocycles. The van der Waals surface area contributed by atoms with Crippen LogP contribution in [0, 0.1) is 5.82 Å². The lowest BCUT2D eigenvalue weighted by atomic mass is 10.0. The molecule has 0 aliphatic rings. The molecule has 0 aliphatic heterocycles. The van der Waals surface area contributed by atoms with Crippen LogP contribution >= 0.6 is 0 Å². The summed E-state index contributed by atoms with van der Waals surface area (Å²) in [6.07, 6.45) is 0. The Morgan fingerprint density at radius 2 is 1.94 bits per heavy atom. The van der Waals surface area contributed by atoms with E-state index in [1.54, 1.807) is 36.4 Å². The number of hydrogen-bond acceptors (Lipinski definition) is 2. The number of oxazole rings is 1. The van der Waals surface area contributed by atoms with E-state index in [2.05, 4.69) is 4.98 Å². The van der Waals surface area contributed by atoms with Crippen LogP contribution in [-0.2, 0) is 0 Å². The van der Waals surface area contributed by atoms with Gasteiger partial charge in [0.05, 0.1) is 5.52 Å². The molecule has 4 heteroatoms. The topological polar surface area (TPSA) is 46.0 Å². The normalized spacial score (nSPS) is 10.9. The molecule has 0 saturated carbocycles. The van der Waals surface area contributed by atoms with Crippen molar-refractivity contribution in [3.63, 3.8) is 0 Å². The highest BCUT2D eigenvalue weighted by Gasteiger charge is 2.06. The van der Waals surface area contributed by atoms with Gasteiger partial charge in [-0.2, -0.15) is 0 Å². The van der Waals surface area contributed by atoms with Crippen molar-refractivity contribution >= 4 is 11.1 Å². The van der Waals surface area contributed by atoms with Gasteiger partial charge in [-0.25, -0.2) is 9.18 Å². The summed E-state index contributed by atoms with van der Waals surface area (Å²) >= 11 is 0. The maximum absolute atomic E-state index is 13.6. The van der Waals surface area contributed by atoms with Crippen LogP contribution in [0.2, 0.25) is 0 Å². The van der Waals surface area contributed by atoms with Gasteiger partial charge < -0.3 is 4.42 Å². The van der Waals surface area contributed by atoms with E-state index in [1.165, 1.54) is 6.07 Å². The van der Waals surface area contributed by atoms with Crippen molar-refractivity contribution in [3.05, 3.63) is 58.8 Å². The second kappa shape index (κ2) is 3.59. The molecule has 0 bridgehead atoms. The van der Waals surface area contributed by atoms with Gasteiger partial charge in [-0.15, -0.1) is 0 Å². The highest BCUT2D eigenvalue weighted by atomic mass is 19.1. The third kappa shape index (κ3) is 1.63. The molecular weight excluding hydrogens is 221 g/mol. The van der Waals surface area contributed by atoms with Crippen LogP contribution in [0.25, 0.3) is 22.2 Å². The molecule has 0 atom stereocenters. The van der Waals surface area contributed by atoms with Crippen LogP contribution in [0.1, 0.15) is 0 Å². The standard InChI is InChI=1S/C13H8FNO2/c14-10-4-2-1-3-9(10)8-5-6-12-11(7-8)15-13(16)17-12/h1-7H,(H,15,16). The average Bonchev–Trinajstić information content (AvgIpc) is 2.68. The van der Waals surface area contributed by atoms with Gasteiger partial charge in [-0.1, -0.05) is 24.3 Å². The average molecular weight is 229 g/mol. The molecule has 0 fully saturated rings. The van der Waals surface area contributed by atoms with Gasteiger partial charge in [0, 0.05) is 5.56 Å². The van der Waals surface area contributed by atoms with Crippen LogP contribution in [0.4, 0.5) is 4.39 Å². The van der Waals surface area contributed by atoms with Gasteiger partial charge in [0.25, 0.3) is 0 Å². The van der Waals surface area contributed by atoms with E-state index < -0.39 is 5.76 Å². The van der Waals surface area contributed by atoms with Gasteiger partial charge in [0.2, 0.25) is 0 Å². The van der Waals surface area contributed by atoms with Gasteiger partial charge in [0.15, 0.2) is 5.58 Å². The molecular formula is C13H8FNO2. The molecule has 0 saturated heterocycles. The van der Waals surface area contributed by atoms with Crippen molar-refractivity contribution in [1.29, 1.82) is 0 Å². The zero-order chi connectivity index (χ0) is 11.8. The lowest BCUT2D eigenvalue weighted by Crippen LogP contribution is -1.92. The zero-order valence-corrected chi connectivity index (χ0v) is 8.74. The molecule has 1 N–H and O–H groups in total. The van der Waals surface area contributed by atoms with Gasteiger partial charge in [0.1, 0.15) is 5.82 Å². The molecule has 0 unspecified atom stereocenters. The number of aromatic nitrogens is 1. The molecule has 0 spiro atoms. The predicted octanol–water partition coefficient (Wildman–Crippen LogP) is 2.93. The maximum Gasteiger partial charge on any atom is 0.417 e. The molecule has 3 nitrogen and oxygen atoms in total. The molecule has 1 heterocycles. The van der Waals surface area contributed by atoms with E-state index in [1.807, 2.05) is 0 Å². The van der Waals surface area contributed by atoms with E-state index in [0.29, 0.717) is 22.2 Å². The first kappa shape index (κ1) is 9.84. The lowest BCUT2D eigenvalue weighted by molar-refractivity contribution is 0.555. The predicted molar refractivity (Wildman–Crippen MR) is 62.2 cm³/mol. The highest BCUT2D eigenvalue weighted by molar-refractivity contribution is 5.80. The summed E-state index contributed by atoms with van der Waals surface area (Å²) in [4.78, 5) is 13.6. The number of rotatable bonds is 1. The summed E-state index contributed by atoms with van der Waals surface area (Å²) in [6.45, 7) is 0. The Labute approximate surface area is 95.5 Å². The van der Waals surface area contributed by atoms with Crippen molar-refractivity contribution in [1.82, 2.24) is 4.98 Å². The van der Waals surface area contributed by atoms with E-state index in [-0.39, 0.29) is 5.82 Å². The molecule has 3 aromatic rings. The molecule has 3 rings (SSSR count). The minimum Gasteiger partial charge on any atom is -0.408 e. The Morgan fingerprint density at radius 1 is 1.12 bits per heavy atom. The number of hydrogen-bond donors (Lipinski definition) is 1. The largest absolute Gasteiger partial charge is 0.417 e. The number of fused-ring (bicyclic) bond motifs is 1. The van der Waals surface area contributed by atoms with Crippen molar-refractivity contribution < 1.29 is 8.81 Å². The number of H-pyrrole nitrogens is 1. The smallest absolute Gasteiger partial charge is 0.408 e. The Balaban J connectivity index is 2.24. The summed E-state index contributed by atoms with van der Waals surface area (Å²) in [5.74, 6) is -0.802. The third-order valence-electron chi connectivity index (χ3n) is 2.60. The van der Waals surface area contributed by atoms with Crippen LogP contribution < -0.4 is 5.76 Å². The van der Waals surface area contributed by atoms with E-state index in [9.17, 15) is 9.18 Å². The number of halogens is 1. The van der Waals surface area contributed by atoms with Gasteiger partial charge in [-0.3, -0.25) is 4.98 Å². The molecule has 1 aromatic heterocycles. The van der Waals surface area contributed by atoms with Crippen molar-refractivity contribution in [3.8, 4) is 11.1 Å². The minimum absolute atomic E-state index is 0.294. The fourth-order valence-electron chi connectivity index (χ4n) is 1.81. The Morgan fingerprint density at radius 3 is 2.76 bits per heavy atom. The Hall–Kier alpha value is -2.36. The summed E-state index contributed by atoms with van der Waals surface area (Å²) in [7, 11) is 0. The van der Waals surface area contributed by atoms with Gasteiger partial charge >= 0.3 is 5.76 Å². The monoisotopic (exact) mass is 229 g/mol. The van der Waals surface area contributed by atoms with E-state index in [0.717, 1.165) is 0 Å². The van der Waals surface area contributed by atoms with Crippen molar-refractivity contribution in [2.24, 2.45) is 0 Å². The lowest BCUT2D eigenvalue weighted by Gasteiger charge is -2.02. The maximum atomic E-state index is 13.6. The summed E-state index contributed by atoms with van der Waals surface area (Å²) in [6, 6.07) is 11.6. The fourth-order valence-corrected chi connectivity index (χ4v) is 1.81. The second-order valence-corrected chi connectivity index (χ2v) is 3.71.